The van der Waals surface area contributed by atoms with Crippen LogP contribution in [-0.4, -0.2) is 27.9 Å². The van der Waals surface area contributed by atoms with Gasteiger partial charge in [-0.15, -0.1) is 0 Å². The quantitative estimate of drug-likeness (QED) is 0.701. The lowest BCUT2D eigenvalue weighted by molar-refractivity contribution is -0.116. The van der Waals surface area contributed by atoms with Gasteiger partial charge in [-0.25, -0.2) is 4.98 Å². The molecule has 0 aliphatic carbocycles. The van der Waals surface area contributed by atoms with Gasteiger partial charge in [-0.1, -0.05) is 19.1 Å². The molecule has 27 heavy (non-hydrogen) atoms. The van der Waals surface area contributed by atoms with E-state index in [1.54, 1.807) is 42.5 Å². The third kappa shape index (κ3) is 4.38. The predicted molar refractivity (Wildman–Crippen MR) is 104 cm³/mol. The maximum Gasteiger partial charge on any atom is 0.269 e. The van der Waals surface area contributed by atoms with Crippen molar-refractivity contribution in [1.29, 1.82) is 0 Å². The van der Waals surface area contributed by atoms with Crippen LogP contribution in [0.1, 0.15) is 23.7 Å². The van der Waals surface area contributed by atoms with Crippen LogP contribution in [0.5, 0.6) is 0 Å². The fourth-order valence-electron chi connectivity index (χ4n) is 2.67. The molecule has 0 saturated heterocycles. The maximum absolute atomic E-state index is 12.4. The van der Waals surface area contributed by atoms with E-state index < -0.39 is 0 Å². The highest BCUT2D eigenvalue weighted by atomic mass is 16.2. The van der Waals surface area contributed by atoms with Crippen LogP contribution in [0.4, 0.5) is 5.69 Å². The number of anilines is 1. The molecule has 1 aromatic heterocycles. The number of hydrogen-bond donors (Lipinski definition) is 2. The first-order chi connectivity index (χ1) is 13.1. The predicted octanol–water partition coefficient (Wildman–Crippen LogP) is 2.17. The fraction of sp³-hybridized carbons (Fsp3) is 0.200. The van der Waals surface area contributed by atoms with Crippen molar-refractivity contribution in [3.05, 3.63) is 70.6 Å². The second-order valence-electron chi connectivity index (χ2n) is 6.05. The zero-order chi connectivity index (χ0) is 19.2. The molecule has 0 aliphatic rings. The van der Waals surface area contributed by atoms with Gasteiger partial charge in [0.05, 0.1) is 17.2 Å². The van der Waals surface area contributed by atoms with Crippen LogP contribution >= 0.6 is 0 Å². The van der Waals surface area contributed by atoms with Crippen molar-refractivity contribution in [3.63, 3.8) is 0 Å². The van der Waals surface area contributed by atoms with E-state index in [0.29, 0.717) is 28.8 Å². The molecule has 2 amide bonds. The number of nitrogens with one attached hydrogen (secondary N) is 2. The van der Waals surface area contributed by atoms with E-state index in [1.165, 1.54) is 10.8 Å². The summed E-state index contributed by atoms with van der Waals surface area (Å²) in [7, 11) is 0. The van der Waals surface area contributed by atoms with Crippen LogP contribution in [0.25, 0.3) is 11.0 Å². The molecular formula is C20H20N4O3. The molecule has 0 bridgehead atoms. The van der Waals surface area contributed by atoms with Crippen LogP contribution in [0.15, 0.2) is 59.5 Å². The van der Waals surface area contributed by atoms with E-state index in [4.69, 9.17) is 0 Å². The molecule has 2 aromatic carbocycles. The van der Waals surface area contributed by atoms with Crippen LogP contribution < -0.4 is 16.2 Å². The van der Waals surface area contributed by atoms with Gasteiger partial charge in [0.25, 0.3) is 11.5 Å². The van der Waals surface area contributed by atoms with E-state index in [-0.39, 0.29) is 23.9 Å². The van der Waals surface area contributed by atoms with Gasteiger partial charge in [0, 0.05) is 17.8 Å². The van der Waals surface area contributed by atoms with Gasteiger partial charge in [0.2, 0.25) is 5.91 Å². The lowest BCUT2D eigenvalue weighted by Gasteiger charge is -2.10. The Morgan fingerprint density at radius 2 is 1.81 bits per heavy atom. The molecule has 2 N–H and O–H groups in total. The Kier molecular flexibility index (Phi) is 5.61. The molecule has 0 saturated carbocycles. The normalized spacial score (nSPS) is 10.6. The highest BCUT2D eigenvalue weighted by Gasteiger charge is 2.10. The summed E-state index contributed by atoms with van der Waals surface area (Å²) in [5, 5.41) is 5.54. The van der Waals surface area contributed by atoms with Gasteiger partial charge in [0.1, 0.15) is 6.54 Å². The molecule has 0 radical (unpaired) electrons. The molecule has 1 heterocycles. The lowest BCUT2D eigenvalue weighted by atomic mass is 10.2. The fourth-order valence-corrected chi connectivity index (χ4v) is 2.67. The first-order valence-electron chi connectivity index (χ1n) is 8.71. The second-order valence-corrected chi connectivity index (χ2v) is 6.05. The minimum absolute atomic E-state index is 0.124. The Morgan fingerprint density at radius 1 is 1.07 bits per heavy atom. The Balaban J connectivity index is 1.71. The molecule has 0 unspecified atom stereocenters. The molecule has 0 atom stereocenters. The largest absolute Gasteiger partial charge is 0.352 e. The third-order valence-corrected chi connectivity index (χ3v) is 4.02. The molecule has 0 aliphatic heterocycles. The molecule has 3 rings (SSSR count). The summed E-state index contributed by atoms with van der Waals surface area (Å²) < 4.78 is 1.38. The standard InChI is InChI=1S/C20H20N4O3/c1-2-11-21-20(27)14-7-9-15(10-8-14)23-18(25)13-24-17-6-4-3-5-16(17)22-12-19(24)26/h3-10,12H,2,11,13H2,1H3,(H,21,27)(H,23,25). The first kappa shape index (κ1) is 18.3. The summed E-state index contributed by atoms with van der Waals surface area (Å²) >= 11 is 0. The number of fused-ring (bicyclic) bond motifs is 1. The van der Waals surface area contributed by atoms with E-state index in [9.17, 15) is 14.4 Å². The van der Waals surface area contributed by atoms with E-state index >= 15 is 0 Å². The Bertz CT molecular complexity index is 1030. The van der Waals surface area contributed by atoms with Crippen LogP contribution in [0.3, 0.4) is 0 Å². The highest BCUT2D eigenvalue weighted by Crippen LogP contribution is 2.11. The number of amides is 2. The van der Waals surface area contributed by atoms with Gasteiger partial charge in [-0.05, 0) is 42.8 Å². The van der Waals surface area contributed by atoms with Crippen molar-refractivity contribution < 1.29 is 9.59 Å². The first-order valence-corrected chi connectivity index (χ1v) is 8.71. The van der Waals surface area contributed by atoms with Gasteiger partial charge < -0.3 is 10.6 Å². The van der Waals surface area contributed by atoms with Crippen molar-refractivity contribution in [2.75, 3.05) is 11.9 Å². The number of carbonyl (C=O) groups excluding carboxylic acids is 2. The smallest absolute Gasteiger partial charge is 0.269 e. The summed E-state index contributed by atoms with van der Waals surface area (Å²) in [6, 6.07) is 13.8. The summed E-state index contributed by atoms with van der Waals surface area (Å²) in [5.41, 5.74) is 1.98. The van der Waals surface area contributed by atoms with Crippen LogP contribution in [0.2, 0.25) is 0 Å². The number of rotatable bonds is 6. The second kappa shape index (κ2) is 8.27. The molecule has 138 valence electrons. The molecular weight excluding hydrogens is 344 g/mol. The topological polar surface area (TPSA) is 93.1 Å². The Morgan fingerprint density at radius 3 is 2.56 bits per heavy atom. The number of nitrogens with zero attached hydrogens (tertiary/aromatic N) is 2. The van der Waals surface area contributed by atoms with Crippen molar-refractivity contribution in [2.45, 2.75) is 19.9 Å². The molecule has 7 nitrogen and oxygen atoms in total. The van der Waals surface area contributed by atoms with E-state index in [0.717, 1.165) is 6.42 Å². The number of para-hydroxylation sites is 2. The van der Waals surface area contributed by atoms with E-state index in [1.807, 2.05) is 13.0 Å². The monoisotopic (exact) mass is 364 g/mol. The summed E-state index contributed by atoms with van der Waals surface area (Å²) in [6.07, 6.45) is 2.07. The average molecular weight is 364 g/mol. The number of benzene rings is 2. The SMILES string of the molecule is CCCNC(=O)c1ccc(NC(=O)Cn2c(=O)cnc3ccccc32)cc1. The van der Waals surface area contributed by atoms with Gasteiger partial charge >= 0.3 is 0 Å². The maximum atomic E-state index is 12.4. The Labute approximate surface area is 156 Å². The zero-order valence-electron chi connectivity index (χ0n) is 14.9. The molecule has 7 heteroatoms. The summed E-state index contributed by atoms with van der Waals surface area (Å²) in [4.78, 5) is 40.4. The molecule has 3 aromatic rings. The van der Waals surface area contributed by atoms with Gasteiger partial charge in [-0.3, -0.25) is 19.0 Å². The minimum atomic E-state index is -0.341. The average Bonchev–Trinajstić information content (AvgIpc) is 2.69. The number of aromatic nitrogens is 2. The zero-order valence-corrected chi connectivity index (χ0v) is 14.9. The number of carbonyl (C=O) groups is 2. The van der Waals surface area contributed by atoms with Crippen LogP contribution in [-0.2, 0) is 11.3 Å². The molecule has 0 fully saturated rings. The number of hydrogen-bond acceptors (Lipinski definition) is 4. The summed E-state index contributed by atoms with van der Waals surface area (Å²) in [5.74, 6) is -0.485. The van der Waals surface area contributed by atoms with E-state index in [2.05, 4.69) is 15.6 Å². The van der Waals surface area contributed by atoms with Gasteiger partial charge in [-0.2, -0.15) is 0 Å². The lowest BCUT2D eigenvalue weighted by Crippen LogP contribution is -2.28. The minimum Gasteiger partial charge on any atom is -0.352 e. The van der Waals surface area contributed by atoms with Crippen molar-refractivity contribution in [2.24, 2.45) is 0 Å². The summed E-state index contributed by atoms with van der Waals surface area (Å²) in [6.45, 7) is 2.48. The Hall–Kier alpha value is -3.48. The van der Waals surface area contributed by atoms with Gasteiger partial charge in [0.15, 0.2) is 0 Å². The van der Waals surface area contributed by atoms with Crippen LogP contribution in [0, 0.1) is 0 Å². The van der Waals surface area contributed by atoms with Crippen molar-refractivity contribution in [1.82, 2.24) is 14.9 Å². The highest BCUT2D eigenvalue weighted by molar-refractivity contribution is 5.96. The molecule has 0 spiro atoms. The van der Waals surface area contributed by atoms with Crippen molar-refractivity contribution >= 4 is 28.5 Å². The third-order valence-electron chi connectivity index (χ3n) is 4.02. The van der Waals surface area contributed by atoms with Crippen molar-refractivity contribution in [3.8, 4) is 0 Å².